The number of methoxy groups -OCH3 is 1. The van der Waals surface area contributed by atoms with Gasteiger partial charge in [-0.05, 0) is 65.0 Å². The molecule has 1 aliphatic rings. The fraction of sp³-hybridized carbons (Fsp3) is 0.500. The molecule has 1 aliphatic heterocycles. The van der Waals surface area contributed by atoms with Crippen molar-refractivity contribution in [3.05, 3.63) is 41.5 Å². The Hall–Kier alpha value is -3.51. The molecular weight excluding hydrogens is 452 g/mol. The minimum absolute atomic E-state index is 0.207. The first-order chi connectivity index (χ1) is 16.4. The average Bonchev–Trinajstić information content (AvgIpc) is 2.79. The maximum Gasteiger partial charge on any atom is 0.408 e. The SMILES string of the molecule is COC(=O)[C@@H](NC(=O)c1ccc(OCC#CC2=CCOCC2)cc1)C(C)(C)NC(=O)OC(C)(C)C. The van der Waals surface area contributed by atoms with Crippen LogP contribution in [0, 0.1) is 11.8 Å². The van der Waals surface area contributed by atoms with Gasteiger partial charge in [-0.2, -0.15) is 0 Å². The van der Waals surface area contributed by atoms with Crippen LogP contribution in [-0.4, -0.2) is 62.1 Å². The minimum Gasteiger partial charge on any atom is -0.481 e. The summed E-state index contributed by atoms with van der Waals surface area (Å²) in [6, 6.07) is 5.25. The Morgan fingerprint density at radius 1 is 1.11 bits per heavy atom. The number of hydrogen-bond acceptors (Lipinski definition) is 7. The van der Waals surface area contributed by atoms with E-state index < -0.39 is 35.2 Å². The maximum atomic E-state index is 12.8. The predicted molar refractivity (Wildman–Crippen MR) is 130 cm³/mol. The van der Waals surface area contributed by atoms with Gasteiger partial charge in [-0.15, -0.1) is 0 Å². The van der Waals surface area contributed by atoms with E-state index in [1.165, 1.54) is 7.11 Å². The van der Waals surface area contributed by atoms with E-state index in [2.05, 4.69) is 22.5 Å². The third-order valence-corrected chi connectivity index (χ3v) is 4.90. The molecule has 0 bridgehead atoms. The summed E-state index contributed by atoms with van der Waals surface area (Å²) < 4.78 is 21.0. The molecule has 2 N–H and O–H groups in total. The van der Waals surface area contributed by atoms with Gasteiger partial charge in [0.1, 0.15) is 24.0 Å². The number of esters is 1. The van der Waals surface area contributed by atoms with E-state index in [-0.39, 0.29) is 6.61 Å². The highest BCUT2D eigenvalue weighted by Crippen LogP contribution is 2.16. The molecule has 9 heteroatoms. The molecule has 190 valence electrons. The number of ether oxygens (including phenoxy) is 4. The molecule has 0 spiro atoms. The number of amides is 2. The molecule has 0 saturated carbocycles. The van der Waals surface area contributed by atoms with Crippen molar-refractivity contribution >= 4 is 18.0 Å². The first-order valence-corrected chi connectivity index (χ1v) is 11.3. The number of rotatable bonds is 7. The Kier molecular flexibility index (Phi) is 9.72. The van der Waals surface area contributed by atoms with Crippen molar-refractivity contribution in [3.63, 3.8) is 0 Å². The Morgan fingerprint density at radius 3 is 2.37 bits per heavy atom. The first kappa shape index (κ1) is 27.7. The maximum absolute atomic E-state index is 12.8. The largest absolute Gasteiger partial charge is 0.481 e. The van der Waals surface area contributed by atoms with Crippen LogP contribution in [0.1, 0.15) is 51.4 Å². The molecule has 1 aromatic carbocycles. The van der Waals surface area contributed by atoms with Crippen LogP contribution in [0.15, 0.2) is 35.9 Å². The van der Waals surface area contributed by atoms with Crippen LogP contribution in [0.25, 0.3) is 0 Å². The summed E-state index contributed by atoms with van der Waals surface area (Å²) in [4.78, 5) is 37.5. The van der Waals surface area contributed by atoms with E-state index in [0.29, 0.717) is 24.5 Å². The van der Waals surface area contributed by atoms with Crippen molar-refractivity contribution < 1.29 is 33.3 Å². The molecule has 1 atom stereocenters. The number of carbonyl (C=O) groups is 3. The summed E-state index contributed by atoms with van der Waals surface area (Å²) in [5.74, 6) is 5.34. The third kappa shape index (κ3) is 9.33. The molecule has 0 saturated heterocycles. The zero-order chi connectivity index (χ0) is 26.1. The Bertz CT molecular complexity index is 995. The second-order valence-corrected chi connectivity index (χ2v) is 9.45. The molecule has 0 aliphatic carbocycles. The molecule has 1 aromatic rings. The molecule has 0 radical (unpaired) electrons. The highest BCUT2D eigenvalue weighted by atomic mass is 16.6. The Morgan fingerprint density at radius 2 is 1.80 bits per heavy atom. The Labute approximate surface area is 206 Å². The lowest BCUT2D eigenvalue weighted by atomic mass is 9.94. The van der Waals surface area contributed by atoms with E-state index in [1.54, 1.807) is 58.9 Å². The lowest BCUT2D eigenvalue weighted by Gasteiger charge is -2.34. The molecule has 2 amide bonds. The van der Waals surface area contributed by atoms with E-state index in [0.717, 1.165) is 12.0 Å². The molecule has 0 aromatic heterocycles. The van der Waals surface area contributed by atoms with Gasteiger partial charge in [-0.1, -0.05) is 11.8 Å². The molecule has 9 nitrogen and oxygen atoms in total. The highest BCUT2D eigenvalue weighted by Gasteiger charge is 2.39. The van der Waals surface area contributed by atoms with Crippen LogP contribution >= 0.6 is 0 Å². The number of carbonyl (C=O) groups excluding carboxylic acids is 3. The molecule has 1 heterocycles. The van der Waals surface area contributed by atoms with Crippen LogP contribution in [-0.2, 0) is 19.0 Å². The molecule has 0 fully saturated rings. The second-order valence-electron chi connectivity index (χ2n) is 9.45. The number of nitrogens with one attached hydrogen (secondary N) is 2. The quantitative estimate of drug-likeness (QED) is 0.450. The lowest BCUT2D eigenvalue weighted by Crippen LogP contribution is -2.62. The van der Waals surface area contributed by atoms with Crippen molar-refractivity contribution in [2.45, 2.75) is 58.2 Å². The fourth-order valence-corrected chi connectivity index (χ4v) is 3.12. The van der Waals surface area contributed by atoms with Gasteiger partial charge < -0.3 is 29.6 Å². The normalized spacial score (nSPS) is 14.4. The zero-order valence-corrected chi connectivity index (χ0v) is 21.2. The van der Waals surface area contributed by atoms with Crippen molar-refractivity contribution in [1.29, 1.82) is 0 Å². The monoisotopic (exact) mass is 486 g/mol. The van der Waals surface area contributed by atoms with Crippen LogP contribution < -0.4 is 15.4 Å². The van der Waals surface area contributed by atoms with E-state index >= 15 is 0 Å². The molecule has 2 rings (SSSR count). The Balaban J connectivity index is 2.00. The van der Waals surface area contributed by atoms with Gasteiger partial charge in [0.05, 0.1) is 25.9 Å². The van der Waals surface area contributed by atoms with Crippen LogP contribution in [0.4, 0.5) is 4.79 Å². The summed E-state index contributed by atoms with van der Waals surface area (Å²) in [6.45, 7) is 9.82. The summed E-state index contributed by atoms with van der Waals surface area (Å²) in [5.41, 5.74) is -0.581. The molecule has 0 unspecified atom stereocenters. The fourth-order valence-electron chi connectivity index (χ4n) is 3.12. The van der Waals surface area contributed by atoms with Gasteiger partial charge >= 0.3 is 12.1 Å². The topological polar surface area (TPSA) is 112 Å². The van der Waals surface area contributed by atoms with Gasteiger partial charge in [-0.25, -0.2) is 9.59 Å². The number of benzene rings is 1. The number of hydrogen-bond donors (Lipinski definition) is 2. The molecule has 35 heavy (non-hydrogen) atoms. The zero-order valence-electron chi connectivity index (χ0n) is 21.2. The minimum atomic E-state index is -1.20. The predicted octanol–water partition coefficient (Wildman–Crippen LogP) is 2.99. The van der Waals surface area contributed by atoms with Gasteiger partial charge in [-0.3, -0.25) is 4.79 Å². The molecular formula is C26H34N2O7. The van der Waals surface area contributed by atoms with Crippen molar-refractivity contribution in [2.24, 2.45) is 0 Å². The standard InChI is InChI=1S/C26H34N2O7/c1-25(2,3)35-24(31)28-26(4,5)21(23(30)32-6)27-22(29)19-9-11-20(12-10-19)34-15-7-8-18-13-16-33-17-14-18/h9-13,21H,14-17H2,1-6H3,(H,27,29)(H,28,31)/t21-/m1/s1. The van der Waals surface area contributed by atoms with Gasteiger partial charge in [0.2, 0.25) is 0 Å². The van der Waals surface area contributed by atoms with Gasteiger partial charge in [0.15, 0.2) is 0 Å². The van der Waals surface area contributed by atoms with E-state index in [9.17, 15) is 14.4 Å². The van der Waals surface area contributed by atoms with E-state index in [1.807, 2.05) is 6.08 Å². The van der Waals surface area contributed by atoms with Crippen LogP contribution in [0.2, 0.25) is 0 Å². The highest BCUT2D eigenvalue weighted by molar-refractivity contribution is 5.97. The average molecular weight is 487 g/mol. The van der Waals surface area contributed by atoms with E-state index in [4.69, 9.17) is 18.9 Å². The summed E-state index contributed by atoms with van der Waals surface area (Å²) >= 11 is 0. The lowest BCUT2D eigenvalue weighted by molar-refractivity contribution is -0.144. The number of alkyl carbamates (subject to hydrolysis) is 1. The van der Waals surface area contributed by atoms with Crippen LogP contribution in [0.5, 0.6) is 5.75 Å². The van der Waals surface area contributed by atoms with Crippen molar-refractivity contribution in [2.75, 3.05) is 26.9 Å². The first-order valence-electron chi connectivity index (χ1n) is 11.3. The van der Waals surface area contributed by atoms with Crippen LogP contribution in [0.3, 0.4) is 0 Å². The van der Waals surface area contributed by atoms with Crippen molar-refractivity contribution in [1.82, 2.24) is 10.6 Å². The second kappa shape index (κ2) is 12.3. The van der Waals surface area contributed by atoms with Crippen molar-refractivity contribution in [3.8, 4) is 17.6 Å². The van der Waals surface area contributed by atoms with Gasteiger partial charge in [0.25, 0.3) is 5.91 Å². The summed E-state index contributed by atoms with van der Waals surface area (Å²) in [6.07, 6.45) is 2.03. The van der Waals surface area contributed by atoms with Gasteiger partial charge in [0, 0.05) is 17.6 Å². The smallest absolute Gasteiger partial charge is 0.408 e. The summed E-state index contributed by atoms with van der Waals surface area (Å²) in [5, 5.41) is 5.26. The summed E-state index contributed by atoms with van der Waals surface area (Å²) in [7, 11) is 1.21. The third-order valence-electron chi connectivity index (χ3n) is 4.90.